The van der Waals surface area contributed by atoms with E-state index < -0.39 is 5.06 Å². The molecule has 5 heteroatoms. The van der Waals surface area contributed by atoms with Gasteiger partial charge >= 0.3 is 0 Å². The Balaban J connectivity index is 1.83. The fraction of sp³-hybridized carbons (Fsp3) is 0.176. The molecule has 0 saturated carbocycles. The fourth-order valence-corrected chi connectivity index (χ4v) is 5.21. The molecule has 2 aliphatic heterocycles. The summed E-state index contributed by atoms with van der Waals surface area (Å²) in [5.41, 5.74) is 3.50. The van der Waals surface area contributed by atoms with Gasteiger partial charge < -0.3 is 9.64 Å². The van der Waals surface area contributed by atoms with Gasteiger partial charge in [0.25, 0.3) is 5.06 Å². The summed E-state index contributed by atoms with van der Waals surface area (Å²) < 4.78 is 8.62. The lowest BCUT2D eigenvalue weighted by molar-refractivity contribution is 0.202. The molecule has 1 spiro atoms. The molecule has 0 saturated heterocycles. The van der Waals surface area contributed by atoms with Gasteiger partial charge in [-0.05, 0) is 61.2 Å². The molecule has 2 aliphatic rings. The van der Waals surface area contributed by atoms with E-state index >= 15 is 0 Å². The number of rotatable bonds is 0. The maximum absolute atomic E-state index is 6.47. The second-order valence-corrected chi connectivity index (χ2v) is 8.50. The van der Waals surface area contributed by atoms with E-state index in [1.54, 1.807) is 11.8 Å². The molecule has 112 valence electrons. The van der Waals surface area contributed by atoms with Gasteiger partial charge in [0, 0.05) is 32.0 Å². The molecular weight excluding hydrogens is 426 g/mol. The zero-order chi connectivity index (χ0) is 15.5. The predicted octanol–water partition coefficient (Wildman–Crippen LogP) is 5.90. The highest BCUT2D eigenvalue weighted by molar-refractivity contribution is 9.10. The van der Waals surface area contributed by atoms with Crippen molar-refractivity contribution in [2.75, 3.05) is 11.9 Å². The highest BCUT2D eigenvalue weighted by atomic mass is 79.9. The van der Waals surface area contributed by atoms with Crippen LogP contribution < -0.4 is 9.64 Å². The minimum Gasteiger partial charge on any atom is -0.454 e. The number of benzene rings is 2. The van der Waals surface area contributed by atoms with Gasteiger partial charge in [-0.3, -0.25) is 0 Å². The third-order valence-electron chi connectivity index (χ3n) is 4.06. The second-order valence-electron chi connectivity index (χ2n) is 5.47. The molecule has 4 rings (SSSR count). The highest BCUT2D eigenvalue weighted by Crippen LogP contribution is 2.56. The molecule has 0 aromatic heterocycles. The maximum Gasteiger partial charge on any atom is 0.258 e. The van der Waals surface area contributed by atoms with Crippen molar-refractivity contribution in [3.8, 4) is 5.75 Å². The van der Waals surface area contributed by atoms with Crippen molar-refractivity contribution in [3.05, 3.63) is 56.5 Å². The van der Waals surface area contributed by atoms with Crippen molar-refractivity contribution in [1.29, 1.82) is 0 Å². The first-order valence-electron chi connectivity index (χ1n) is 6.89. The smallest absolute Gasteiger partial charge is 0.258 e. The molecule has 2 aromatic rings. The van der Waals surface area contributed by atoms with Crippen molar-refractivity contribution in [1.82, 2.24) is 0 Å². The fourth-order valence-electron chi connectivity index (χ4n) is 2.94. The van der Waals surface area contributed by atoms with E-state index in [4.69, 9.17) is 4.74 Å². The molecule has 2 heterocycles. The van der Waals surface area contributed by atoms with Crippen LogP contribution in [0.1, 0.15) is 12.5 Å². The monoisotopic (exact) mass is 437 g/mol. The SMILES string of the molecule is CC1=Cc2cc(Br)ccc2OC12Sc1cc(Br)ccc1N2C. The van der Waals surface area contributed by atoms with Crippen LogP contribution in [-0.4, -0.2) is 12.1 Å². The van der Waals surface area contributed by atoms with Gasteiger partial charge in [0.2, 0.25) is 0 Å². The largest absolute Gasteiger partial charge is 0.454 e. The van der Waals surface area contributed by atoms with Crippen molar-refractivity contribution >= 4 is 55.4 Å². The lowest BCUT2D eigenvalue weighted by atomic mass is 10.1. The summed E-state index contributed by atoms with van der Waals surface area (Å²) in [6, 6.07) is 12.5. The zero-order valence-electron chi connectivity index (χ0n) is 12.1. The Morgan fingerprint density at radius 1 is 1.09 bits per heavy atom. The number of anilines is 1. The van der Waals surface area contributed by atoms with Gasteiger partial charge in [-0.15, -0.1) is 0 Å². The minimum absolute atomic E-state index is 0.496. The Morgan fingerprint density at radius 3 is 2.64 bits per heavy atom. The normalized spacial score (nSPS) is 22.2. The van der Waals surface area contributed by atoms with Gasteiger partial charge in [0.1, 0.15) is 5.75 Å². The average molecular weight is 439 g/mol. The first-order valence-corrected chi connectivity index (χ1v) is 9.29. The standard InChI is InChI=1S/C17H13Br2NOS/c1-10-7-11-8-12(18)4-6-15(11)21-17(10)20(2)14-5-3-13(19)9-16(14)22-17/h3-9H,1-2H3. The molecule has 1 unspecified atom stereocenters. The first kappa shape index (κ1) is 14.7. The molecule has 0 radical (unpaired) electrons. The summed E-state index contributed by atoms with van der Waals surface area (Å²) in [6.45, 7) is 2.13. The van der Waals surface area contributed by atoms with E-state index in [9.17, 15) is 0 Å². The van der Waals surface area contributed by atoms with Gasteiger partial charge in [-0.1, -0.05) is 31.9 Å². The Morgan fingerprint density at radius 2 is 1.82 bits per heavy atom. The third kappa shape index (κ3) is 2.06. The molecule has 0 amide bonds. The average Bonchev–Trinajstić information content (AvgIpc) is 2.74. The molecule has 2 aromatic carbocycles. The number of thioether (sulfide) groups is 1. The number of likely N-dealkylation sites (N-methyl/N-ethyl adjacent to an activating group) is 1. The van der Waals surface area contributed by atoms with Gasteiger partial charge in [-0.25, -0.2) is 0 Å². The van der Waals surface area contributed by atoms with E-state index in [-0.39, 0.29) is 0 Å². The Labute approximate surface area is 150 Å². The quantitative estimate of drug-likeness (QED) is 0.507. The van der Waals surface area contributed by atoms with Crippen LogP contribution in [0.3, 0.4) is 0 Å². The van der Waals surface area contributed by atoms with Crippen molar-refractivity contribution < 1.29 is 4.74 Å². The molecule has 22 heavy (non-hydrogen) atoms. The zero-order valence-corrected chi connectivity index (χ0v) is 16.0. The number of hydrogen-bond donors (Lipinski definition) is 0. The summed E-state index contributed by atoms with van der Waals surface area (Å²) in [4.78, 5) is 3.45. The van der Waals surface area contributed by atoms with Crippen LogP contribution in [0.5, 0.6) is 5.75 Å². The van der Waals surface area contributed by atoms with Crippen LogP contribution in [-0.2, 0) is 0 Å². The van der Waals surface area contributed by atoms with Crippen LogP contribution in [0.25, 0.3) is 6.08 Å². The van der Waals surface area contributed by atoms with E-state index in [1.807, 2.05) is 12.1 Å². The van der Waals surface area contributed by atoms with Crippen LogP contribution in [0, 0.1) is 0 Å². The molecule has 1 atom stereocenters. The molecule has 0 fully saturated rings. The third-order valence-corrected chi connectivity index (χ3v) is 6.55. The molecule has 0 bridgehead atoms. The molecule has 0 aliphatic carbocycles. The first-order chi connectivity index (χ1) is 10.5. The summed E-state index contributed by atoms with van der Waals surface area (Å²) >= 11 is 8.83. The van der Waals surface area contributed by atoms with Crippen molar-refractivity contribution in [2.24, 2.45) is 0 Å². The van der Waals surface area contributed by atoms with E-state index in [0.29, 0.717) is 0 Å². The van der Waals surface area contributed by atoms with Crippen LogP contribution >= 0.6 is 43.6 Å². The van der Waals surface area contributed by atoms with Crippen molar-refractivity contribution in [3.63, 3.8) is 0 Å². The van der Waals surface area contributed by atoms with Crippen molar-refractivity contribution in [2.45, 2.75) is 16.9 Å². The van der Waals surface area contributed by atoms with Crippen LogP contribution in [0.2, 0.25) is 0 Å². The van der Waals surface area contributed by atoms with Gasteiger partial charge in [0.15, 0.2) is 0 Å². The summed E-state index contributed by atoms with van der Waals surface area (Å²) in [5, 5.41) is -0.496. The Bertz CT molecular complexity index is 820. The lowest BCUT2D eigenvalue weighted by Gasteiger charge is -2.40. The van der Waals surface area contributed by atoms with Crippen LogP contribution in [0.15, 0.2) is 55.8 Å². The minimum atomic E-state index is -0.496. The van der Waals surface area contributed by atoms with E-state index in [0.717, 1.165) is 20.3 Å². The molecular formula is C17H13Br2NOS. The highest BCUT2D eigenvalue weighted by Gasteiger charge is 2.48. The van der Waals surface area contributed by atoms with Crippen LogP contribution in [0.4, 0.5) is 5.69 Å². The Kier molecular flexibility index (Phi) is 3.36. The predicted molar refractivity (Wildman–Crippen MR) is 99.6 cm³/mol. The summed E-state index contributed by atoms with van der Waals surface area (Å²) in [7, 11) is 2.09. The topological polar surface area (TPSA) is 12.5 Å². The van der Waals surface area contributed by atoms with E-state index in [2.05, 4.69) is 81.1 Å². The number of nitrogens with zero attached hydrogens (tertiary/aromatic N) is 1. The summed E-state index contributed by atoms with van der Waals surface area (Å²) in [6.07, 6.45) is 2.22. The molecule has 0 N–H and O–H groups in total. The number of halogens is 2. The number of fused-ring (bicyclic) bond motifs is 2. The number of ether oxygens (including phenoxy) is 1. The molecule has 2 nitrogen and oxygen atoms in total. The van der Waals surface area contributed by atoms with Gasteiger partial charge in [-0.2, -0.15) is 0 Å². The van der Waals surface area contributed by atoms with E-state index in [1.165, 1.54) is 16.2 Å². The second kappa shape index (κ2) is 5.05. The maximum atomic E-state index is 6.47. The summed E-state index contributed by atoms with van der Waals surface area (Å²) in [5.74, 6) is 0.917. The van der Waals surface area contributed by atoms with Gasteiger partial charge in [0.05, 0.1) is 5.69 Å². The lowest BCUT2D eigenvalue weighted by Crippen LogP contribution is -2.48. The number of hydrogen-bond acceptors (Lipinski definition) is 3. The Hall–Kier alpha value is -0.910.